The fraction of sp³-hybridized carbons (Fsp3) is 0.412. The number of nitrogens with one attached hydrogen (secondary N) is 1. The third kappa shape index (κ3) is 5.54. The first-order chi connectivity index (χ1) is 10.1. The molecule has 2 rings (SSSR count). The van der Waals surface area contributed by atoms with Gasteiger partial charge >= 0.3 is 0 Å². The predicted molar refractivity (Wildman–Crippen MR) is 85.2 cm³/mol. The van der Waals surface area contributed by atoms with Crippen molar-refractivity contribution in [2.75, 3.05) is 6.54 Å². The summed E-state index contributed by atoms with van der Waals surface area (Å²) >= 11 is 5.95. The molecule has 0 aliphatic carbocycles. The normalized spacial score (nSPS) is 11.2. The van der Waals surface area contributed by atoms with Crippen molar-refractivity contribution < 1.29 is 9.15 Å². The molecule has 0 spiro atoms. The second kappa shape index (κ2) is 8.23. The number of furan rings is 1. The maximum Gasteiger partial charge on any atom is 0.123 e. The van der Waals surface area contributed by atoms with Gasteiger partial charge in [0.1, 0.15) is 5.76 Å². The molecule has 0 saturated heterocycles. The van der Waals surface area contributed by atoms with Gasteiger partial charge in [0.2, 0.25) is 0 Å². The molecule has 0 unspecified atom stereocenters. The number of benzene rings is 1. The van der Waals surface area contributed by atoms with Crippen molar-refractivity contribution in [1.29, 1.82) is 0 Å². The molecule has 114 valence electrons. The second-order valence-corrected chi connectivity index (χ2v) is 5.95. The van der Waals surface area contributed by atoms with E-state index in [-0.39, 0.29) is 0 Å². The number of hydrogen-bond donors (Lipinski definition) is 1. The van der Waals surface area contributed by atoms with E-state index in [1.54, 1.807) is 6.26 Å². The highest BCUT2D eigenvalue weighted by molar-refractivity contribution is 6.30. The Bertz CT molecular complexity index is 551. The first kappa shape index (κ1) is 16.1. The van der Waals surface area contributed by atoms with Gasteiger partial charge in [-0.25, -0.2) is 0 Å². The summed E-state index contributed by atoms with van der Waals surface area (Å²) in [5.74, 6) is 1.57. The molecule has 0 aliphatic heterocycles. The Labute approximate surface area is 131 Å². The van der Waals surface area contributed by atoms with E-state index in [1.807, 2.05) is 30.3 Å². The van der Waals surface area contributed by atoms with Gasteiger partial charge in [0.15, 0.2) is 0 Å². The Kier molecular flexibility index (Phi) is 6.30. The summed E-state index contributed by atoms with van der Waals surface area (Å²) in [4.78, 5) is 0. The maximum atomic E-state index is 5.95. The van der Waals surface area contributed by atoms with Crippen LogP contribution >= 0.6 is 11.6 Å². The van der Waals surface area contributed by atoms with E-state index in [2.05, 4.69) is 19.2 Å². The van der Waals surface area contributed by atoms with Crippen LogP contribution in [0.15, 0.2) is 41.0 Å². The van der Waals surface area contributed by atoms with Crippen LogP contribution in [0.25, 0.3) is 0 Å². The average Bonchev–Trinajstić information content (AvgIpc) is 2.86. The molecule has 4 heteroatoms. The van der Waals surface area contributed by atoms with E-state index >= 15 is 0 Å². The summed E-state index contributed by atoms with van der Waals surface area (Å²) in [5.41, 5.74) is 2.17. The number of ether oxygens (including phenoxy) is 1. The first-order valence-corrected chi connectivity index (χ1v) is 7.61. The van der Waals surface area contributed by atoms with Crippen LogP contribution in [0.1, 0.15) is 30.7 Å². The SMILES string of the molecule is CC(C)CNCc1occc1COCc1cccc(Cl)c1. The molecular weight excluding hydrogens is 286 g/mol. The third-order valence-corrected chi connectivity index (χ3v) is 3.33. The van der Waals surface area contributed by atoms with Crippen LogP contribution < -0.4 is 5.32 Å². The third-order valence-electron chi connectivity index (χ3n) is 3.09. The van der Waals surface area contributed by atoms with E-state index in [0.29, 0.717) is 19.1 Å². The van der Waals surface area contributed by atoms with Gasteiger partial charge in [-0.1, -0.05) is 37.6 Å². The zero-order valence-corrected chi connectivity index (χ0v) is 13.3. The Hall–Kier alpha value is -1.29. The molecule has 0 saturated carbocycles. The lowest BCUT2D eigenvalue weighted by atomic mass is 10.2. The molecule has 3 nitrogen and oxygen atoms in total. The summed E-state index contributed by atoms with van der Waals surface area (Å²) < 4.78 is 11.2. The van der Waals surface area contributed by atoms with Crippen molar-refractivity contribution in [2.24, 2.45) is 5.92 Å². The van der Waals surface area contributed by atoms with Crippen LogP contribution in [0.5, 0.6) is 0 Å². The molecular formula is C17H22ClNO2. The van der Waals surface area contributed by atoms with Crippen LogP contribution in [-0.2, 0) is 24.5 Å². The minimum Gasteiger partial charge on any atom is -0.468 e. The van der Waals surface area contributed by atoms with Crippen LogP contribution in [0, 0.1) is 5.92 Å². The largest absolute Gasteiger partial charge is 0.468 e. The highest BCUT2D eigenvalue weighted by Gasteiger charge is 2.07. The molecule has 1 aromatic carbocycles. The molecule has 1 N–H and O–H groups in total. The van der Waals surface area contributed by atoms with Gasteiger partial charge in [-0.2, -0.15) is 0 Å². The van der Waals surface area contributed by atoms with E-state index in [9.17, 15) is 0 Å². The average molecular weight is 308 g/mol. The highest BCUT2D eigenvalue weighted by atomic mass is 35.5. The fourth-order valence-electron chi connectivity index (χ4n) is 2.03. The monoisotopic (exact) mass is 307 g/mol. The number of rotatable bonds is 8. The van der Waals surface area contributed by atoms with Crippen molar-refractivity contribution in [3.8, 4) is 0 Å². The molecule has 2 aromatic rings. The lowest BCUT2D eigenvalue weighted by Crippen LogP contribution is -2.19. The molecule has 0 bridgehead atoms. The van der Waals surface area contributed by atoms with Gasteiger partial charge in [-0.05, 0) is 36.2 Å². The predicted octanol–water partition coefficient (Wildman–Crippen LogP) is 4.40. The molecule has 1 aromatic heterocycles. The molecule has 21 heavy (non-hydrogen) atoms. The number of halogens is 1. The van der Waals surface area contributed by atoms with Crippen LogP contribution in [0.2, 0.25) is 5.02 Å². The lowest BCUT2D eigenvalue weighted by Gasteiger charge is -2.08. The summed E-state index contributed by atoms with van der Waals surface area (Å²) in [5, 5.41) is 4.11. The van der Waals surface area contributed by atoms with Crippen LogP contribution in [0.4, 0.5) is 0 Å². The molecule has 0 amide bonds. The molecule has 0 radical (unpaired) electrons. The first-order valence-electron chi connectivity index (χ1n) is 7.23. The van der Waals surface area contributed by atoms with Crippen molar-refractivity contribution in [3.63, 3.8) is 0 Å². The Morgan fingerprint density at radius 1 is 1.24 bits per heavy atom. The Balaban J connectivity index is 1.79. The molecule has 0 fully saturated rings. The Morgan fingerprint density at radius 3 is 2.86 bits per heavy atom. The smallest absolute Gasteiger partial charge is 0.123 e. The summed E-state index contributed by atoms with van der Waals surface area (Å²) in [6, 6.07) is 9.68. The molecule has 1 heterocycles. The van der Waals surface area contributed by atoms with Gasteiger partial charge in [0.05, 0.1) is 26.0 Å². The number of hydrogen-bond acceptors (Lipinski definition) is 3. The standard InChI is InChI=1S/C17H22ClNO2/c1-13(2)9-19-10-17-15(6-7-21-17)12-20-11-14-4-3-5-16(18)8-14/h3-8,13,19H,9-12H2,1-2H3. The van der Waals surface area contributed by atoms with Crippen molar-refractivity contribution in [1.82, 2.24) is 5.32 Å². The minimum atomic E-state index is 0.543. The van der Waals surface area contributed by atoms with Crippen LogP contribution in [0.3, 0.4) is 0 Å². The van der Waals surface area contributed by atoms with E-state index in [4.69, 9.17) is 20.8 Å². The molecule has 0 aliphatic rings. The lowest BCUT2D eigenvalue weighted by molar-refractivity contribution is 0.106. The highest BCUT2D eigenvalue weighted by Crippen LogP contribution is 2.15. The van der Waals surface area contributed by atoms with Crippen molar-refractivity contribution >= 4 is 11.6 Å². The Morgan fingerprint density at radius 2 is 2.10 bits per heavy atom. The van der Waals surface area contributed by atoms with Crippen LogP contribution in [-0.4, -0.2) is 6.54 Å². The van der Waals surface area contributed by atoms with Crippen molar-refractivity contribution in [3.05, 3.63) is 58.5 Å². The zero-order valence-electron chi connectivity index (χ0n) is 12.6. The fourth-order valence-corrected chi connectivity index (χ4v) is 2.24. The van der Waals surface area contributed by atoms with E-state index in [0.717, 1.165) is 35.0 Å². The van der Waals surface area contributed by atoms with E-state index < -0.39 is 0 Å². The maximum absolute atomic E-state index is 5.95. The molecule has 0 atom stereocenters. The summed E-state index contributed by atoms with van der Waals surface area (Å²) in [6.07, 6.45) is 1.71. The summed E-state index contributed by atoms with van der Waals surface area (Å²) in [6.45, 7) is 7.17. The topological polar surface area (TPSA) is 34.4 Å². The van der Waals surface area contributed by atoms with E-state index in [1.165, 1.54) is 0 Å². The second-order valence-electron chi connectivity index (χ2n) is 5.52. The van der Waals surface area contributed by atoms with Gasteiger partial charge < -0.3 is 14.5 Å². The zero-order chi connectivity index (χ0) is 15.1. The van der Waals surface area contributed by atoms with Gasteiger partial charge in [0, 0.05) is 10.6 Å². The van der Waals surface area contributed by atoms with Gasteiger partial charge in [-0.3, -0.25) is 0 Å². The van der Waals surface area contributed by atoms with Gasteiger partial charge in [0.25, 0.3) is 0 Å². The minimum absolute atomic E-state index is 0.543. The summed E-state index contributed by atoms with van der Waals surface area (Å²) in [7, 11) is 0. The van der Waals surface area contributed by atoms with Crippen molar-refractivity contribution in [2.45, 2.75) is 33.6 Å². The quantitative estimate of drug-likeness (QED) is 0.785. The van der Waals surface area contributed by atoms with Gasteiger partial charge in [-0.15, -0.1) is 0 Å².